The van der Waals surface area contributed by atoms with Crippen molar-refractivity contribution in [2.45, 2.75) is 24.2 Å². The molecule has 0 N–H and O–H groups in total. The SMILES string of the molecule is COc1ccccc1S(=O)(=O)N1CCN(c2ccc(N3CCCCC3)nn2)CC1. The Morgan fingerprint density at radius 2 is 1.38 bits per heavy atom. The summed E-state index contributed by atoms with van der Waals surface area (Å²) in [5, 5.41) is 8.80. The number of hydrogen-bond donors (Lipinski definition) is 0. The van der Waals surface area contributed by atoms with Crippen LogP contribution in [0.15, 0.2) is 41.3 Å². The highest BCUT2D eigenvalue weighted by atomic mass is 32.2. The molecule has 1 aromatic heterocycles. The molecule has 9 heteroatoms. The minimum Gasteiger partial charge on any atom is -0.495 e. The van der Waals surface area contributed by atoms with Crippen LogP contribution in [0.25, 0.3) is 0 Å². The maximum Gasteiger partial charge on any atom is 0.246 e. The number of methoxy groups -OCH3 is 1. The smallest absolute Gasteiger partial charge is 0.246 e. The fourth-order valence-corrected chi connectivity index (χ4v) is 5.49. The Balaban J connectivity index is 1.41. The maximum atomic E-state index is 13.0. The number of sulfonamides is 1. The van der Waals surface area contributed by atoms with E-state index >= 15 is 0 Å². The van der Waals surface area contributed by atoms with Gasteiger partial charge in [-0.05, 0) is 43.5 Å². The van der Waals surface area contributed by atoms with E-state index in [1.165, 1.54) is 30.7 Å². The van der Waals surface area contributed by atoms with Gasteiger partial charge in [-0.15, -0.1) is 10.2 Å². The highest BCUT2D eigenvalue weighted by Crippen LogP contribution is 2.27. The Kier molecular flexibility index (Phi) is 5.86. The van der Waals surface area contributed by atoms with Gasteiger partial charge in [0.05, 0.1) is 7.11 Å². The van der Waals surface area contributed by atoms with Crippen LogP contribution in [0.4, 0.5) is 11.6 Å². The van der Waals surface area contributed by atoms with Gasteiger partial charge in [0, 0.05) is 39.3 Å². The molecular weight excluding hydrogens is 390 g/mol. The largest absolute Gasteiger partial charge is 0.495 e. The zero-order valence-electron chi connectivity index (χ0n) is 16.7. The van der Waals surface area contributed by atoms with Gasteiger partial charge in [0.15, 0.2) is 11.6 Å². The third-order valence-corrected chi connectivity index (χ3v) is 7.50. The Morgan fingerprint density at radius 1 is 0.793 bits per heavy atom. The summed E-state index contributed by atoms with van der Waals surface area (Å²) in [7, 11) is -2.11. The second-order valence-electron chi connectivity index (χ2n) is 7.34. The van der Waals surface area contributed by atoms with E-state index < -0.39 is 10.0 Å². The molecule has 0 spiro atoms. The lowest BCUT2D eigenvalue weighted by Gasteiger charge is -2.34. The van der Waals surface area contributed by atoms with Crippen molar-refractivity contribution in [3.8, 4) is 5.75 Å². The van der Waals surface area contributed by atoms with Crippen molar-refractivity contribution in [3.05, 3.63) is 36.4 Å². The molecule has 2 fully saturated rings. The molecule has 2 saturated heterocycles. The molecule has 8 nitrogen and oxygen atoms in total. The summed E-state index contributed by atoms with van der Waals surface area (Å²) in [5.41, 5.74) is 0. The highest BCUT2D eigenvalue weighted by Gasteiger charge is 2.31. The van der Waals surface area contributed by atoms with E-state index in [2.05, 4.69) is 20.0 Å². The molecule has 2 aromatic rings. The first-order chi connectivity index (χ1) is 14.1. The Labute approximate surface area is 172 Å². The summed E-state index contributed by atoms with van der Waals surface area (Å²) in [5.74, 6) is 2.08. The van der Waals surface area contributed by atoms with Gasteiger partial charge in [0.1, 0.15) is 10.6 Å². The lowest BCUT2D eigenvalue weighted by Crippen LogP contribution is -2.49. The van der Waals surface area contributed by atoms with Crippen molar-refractivity contribution in [2.75, 3.05) is 56.2 Å². The lowest BCUT2D eigenvalue weighted by molar-refractivity contribution is 0.373. The average Bonchev–Trinajstić information content (AvgIpc) is 2.80. The van der Waals surface area contributed by atoms with E-state index in [4.69, 9.17) is 4.74 Å². The van der Waals surface area contributed by atoms with Gasteiger partial charge in [-0.1, -0.05) is 12.1 Å². The maximum absolute atomic E-state index is 13.0. The summed E-state index contributed by atoms with van der Waals surface area (Å²) in [4.78, 5) is 4.57. The molecule has 29 heavy (non-hydrogen) atoms. The summed E-state index contributed by atoms with van der Waals surface area (Å²) in [6.07, 6.45) is 3.68. The fraction of sp³-hybridized carbons (Fsp3) is 0.500. The number of piperidine rings is 1. The van der Waals surface area contributed by atoms with E-state index in [1.807, 2.05) is 12.1 Å². The molecule has 3 heterocycles. The number of ether oxygens (including phenoxy) is 1. The van der Waals surface area contributed by atoms with E-state index in [9.17, 15) is 8.42 Å². The molecule has 0 aliphatic carbocycles. The number of benzene rings is 1. The van der Waals surface area contributed by atoms with E-state index in [1.54, 1.807) is 24.3 Å². The van der Waals surface area contributed by atoms with Crippen molar-refractivity contribution in [1.82, 2.24) is 14.5 Å². The van der Waals surface area contributed by atoms with Crippen LogP contribution in [-0.2, 0) is 10.0 Å². The number of piperazine rings is 1. The number of anilines is 2. The predicted octanol–water partition coefficient (Wildman–Crippen LogP) is 1.99. The van der Waals surface area contributed by atoms with Crippen LogP contribution in [0.3, 0.4) is 0 Å². The molecule has 0 unspecified atom stereocenters. The zero-order chi connectivity index (χ0) is 20.3. The minimum absolute atomic E-state index is 0.210. The number of aromatic nitrogens is 2. The summed E-state index contributed by atoms with van der Waals surface area (Å²) in [6, 6.07) is 10.7. The third-order valence-electron chi connectivity index (χ3n) is 5.57. The first-order valence-corrected chi connectivity index (χ1v) is 11.5. The number of nitrogens with zero attached hydrogens (tertiary/aromatic N) is 5. The van der Waals surface area contributed by atoms with Gasteiger partial charge in [0.25, 0.3) is 0 Å². The fourth-order valence-electron chi connectivity index (χ4n) is 3.91. The average molecular weight is 418 g/mol. The molecule has 2 aliphatic rings. The van der Waals surface area contributed by atoms with Gasteiger partial charge < -0.3 is 14.5 Å². The van der Waals surface area contributed by atoms with Crippen LogP contribution < -0.4 is 14.5 Å². The molecular formula is C20H27N5O3S. The van der Waals surface area contributed by atoms with Gasteiger partial charge in [0.2, 0.25) is 10.0 Å². The van der Waals surface area contributed by atoms with Crippen molar-refractivity contribution in [1.29, 1.82) is 0 Å². The van der Waals surface area contributed by atoms with Crippen molar-refractivity contribution < 1.29 is 13.2 Å². The molecule has 4 rings (SSSR count). The first-order valence-electron chi connectivity index (χ1n) is 10.1. The predicted molar refractivity (Wildman–Crippen MR) is 112 cm³/mol. The Hall–Kier alpha value is -2.39. The van der Waals surface area contributed by atoms with E-state index in [0.717, 1.165) is 24.7 Å². The first kappa shape index (κ1) is 19.9. The van der Waals surface area contributed by atoms with Crippen molar-refractivity contribution in [3.63, 3.8) is 0 Å². The standard InChI is InChI=1S/C20H27N5O3S/c1-28-17-7-3-4-8-18(17)29(26,27)25-15-13-24(14-16-25)20-10-9-19(21-22-20)23-11-5-2-6-12-23/h3-4,7-10H,2,5-6,11-16H2,1H3. The molecule has 156 valence electrons. The third kappa shape index (κ3) is 4.16. The van der Waals surface area contributed by atoms with Crippen molar-refractivity contribution >= 4 is 21.7 Å². The topological polar surface area (TPSA) is 78.9 Å². The zero-order valence-corrected chi connectivity index (χ0v) is 17.5. The van der Waals surface area contributed by atoms with Gasteiger partial charge >= 0.3 is 0 Å². The number of hydrogen-bond acceptors (Lipinski definition) is 7. The molecule has 0 atom stereocenters. The number of rotatable bonds is 5. The summed E-state index contributed by atoms with van der Waals surface area (Å²) in [6.45, 7) is 4.02. The molecule has 0 radical (unpaired) electrons. The number of para-hydroxylation sites is 1. The second-order valence-corrected chi connectivity index (χ2v) is 9.25. The van der Waals surface area contributed by atoms with Gasteiger partial charge in [-0.2, -0.15) is 4.31 Å². The Bertz CT molecular complexity index is 921. The van der Waals surface area contributed by atoms with Crippen LogP contribution in [0.1, 0.15) is 19.3 Å². The van der Waals surface area contributed by atoms with Crippen molar-refractivity contribution in [2.24, 2.45) is 0 Å². The van der Waals surface area contributed by atoms with E-state index in [-0.39, 0.29) is 4.90 Å². The molecule has 0 amide bonds. The monoisotopic (exact) mass is 417 g/mol. The van der Waals surface area contributed by atoms with Crippen LogP contribution in [0.2, 0.25) is 0 Å². The van der Waals surface area contributed by atoms with Crippen LogP contribution in [-0.4, -0.2) is 69.3 Å². The van der Waals surface area contributed by atoms with Gasteiger partial charge in [-0.3, -0.25) is 0 Å². The highest BCUT2D eigenvalue weighted by molar-refractivity contribution is 7.89. The Morgan fingerprint density at radius 3 is 1.97 bits per heavy atom. The molecule has 0 bridgehead atoms. The van der Waals surface area contributed by atoms with E-state index in [0.29, 0.717) is 31.9 Å². The molecule has 1 aromatic carbocycles. The molecule has 2 aliphatic heterocycles. The van der Waals surface area contributed by atoms with Crippen LogP contribution >= 0.6 is 0 Å². The molecule has 0 saturated carbocycles. The van der Waals surface area contributed by atoms with Gasteiger partial charge in [-0.25, -0.2) is 8.42 Å². The minimum atomic E-state index is -3.59. The second kappa shape index (κ2) is 8.54. The summed E-state index contributed by atoms with van der Waals surface area (Å²) >= 11 is 0. The summed E-state index contributed by atoms with van der Waals surface area (Å²) < 4.78 is 32.8. The normalized spacial score (nSPS) is 18.7. The van der Waals surface area contributed by atoms with Crippen LogP contribution in [0.5, 0.6) is 5.75 Å². The quantitative estimate of drug-likeness (QED) is 0.736. The van der Waals surface area contributed by atoms with Crippen LogP contribution in [0, 0.1) is 0 Å². The lowest BCUT2D eigenvalue weighted by atomic mass is 10.1.